The molecule has 26 heavy (non-hydrogen) atoms. The zero-order valence-electron chi connectivity index (χ0n) is 15.4. The number of benzene rings is 2. The average molecular weight is 357 g/mol. The Morgan fingerprint density at radius 3 is 2.35 bits per heavy atom. The summed E-state index contributed by atoms with van der Waals surface area (Å²) >= 11 is 0. The molecule has 0 radical (unpaired) electrons. The Kier molecular flexibility index (Phi) is 6.60. The van der Waals surface area contributed by atoms with Gasteiger partial charge in [-0.15, -0.1) is 0 Å². The molecule has 0 fully saturated rings. The maximum absolute atomic E-state index is 12.5. The molecule has 1 atom stereocenters. The third-order valence-corrected chi connectivity index (χ3v) is 3.90. The highest BCUT2D eigenvalue weighted by Gasteiger charge is 2.24. The van der Waals surface area contributed by atoms with Gasteiger partial charge in [-0.25, -0.2) is 4.79 Å². The van der Waals surface area contributed by atoms with Gasteiger partial charge in [-0.2, -0.15) is 0 Å². The topological polar surface area (TPSA) is 65.1 Å². The second-order valence-corrected chi connectivity index (χ2v) is 5.79. The lowest BCUT2D eigenvalue weighted by Gasteiger charge is -2.22. The predicted octanol–water partition coefficient (Wildman–Crippen LogP) is 2.91. The van der Waals surface area contributed by atoms with E-state index in [1.54, 1.807) is 32.2 Å². The number of hydrogen-bond acceptors (Lipinski definition) is 5. The number of esters is 1. The van der Waals surface area contributed by atoms with Crippen LogP contribution in [-0.4, -0.2) is 44.1 Å². The van der Waals surface area contributed by atoms with Gasteiger partial charge in [0, 0.05) is 19.7 Å². The molecule has 0 aliphatic heterocycles. The summed E-state index contributed by atoms with van der Waals surface area (Å²) in [4.78, 5) is 26.4. The molecule has 0 bridgehead atoms. The minimum absolute atomic E-state index is 0.235. The molecule has 2 rings (SSSR count). The van der Waals surface area contributed by atoms with Crippen molar-refractivity contribution in [3.05, 3.63) is 59.7 Å². The maximum atomic E-state index is 12.5. The molecule has 0 aliphatic carbocycles. The summed E-state index contributed by atoms with van der Waals surface area (Å²) in [6.07, 6.45) is -0.914. The van der Waals surface area contributed by atoms with Crippen LogP contribution in [0, 0.1) is 0 Å². The summed E-state index contributed by atoms with van der Waals surface area (Å²) in [7, 11) is 4.65. The van der Waals surface area contributed by atoms with Gasteiger partial charge in [-0.3, -0.25) is 4.79 Å². The zero-order chi connectivity index (χ0) is 19.1. The van der Waals surface area contributed by atoms with Crippen LogP contribution in [0.15, 0.2) is 48.5 Å². The molecule has 0 saturated carbocycles. The Labute approximate surface area is 153 Å². The van der Waals surface area contributed by atoms with Crippen LogP contribution in [0.4, 0.5) is 0 Å². The van der Waals surface area contributed by atoms with Crippen LogP contribution in [0.5, 0.6) is 11.5 Å². The summed E-state index contributed by atoms with van der Waals surface area (Å²) in [5.74, 6) is -0.0232. The van der Waals surface area contributed by atoms with Crippen molar-refractivity contribution in [2.45, 2.75) is 19.6 Å². The van der Waals surface area contributed by atoms with Gasteiger partial charge in [0.05, 0.1) is 14.2 Å². The molecule has 6 heteroatoms. The average Bonchev–Trinajstić information content (AvgIpc) is 2.67. The van der Waals surface area contributed by atoms with Crippen LogP contribution in [0.25, 0.3) is 0 Å². The van der Waals surface area contributed by atoms with Crippen molar-refractivity contribution in [3.63, 3.8) is 0 Å². The van der Waals surface area contributed by atoms with Crippen molar-refractivity contribution in [2.75, 3.05) is 21.3 Å². The second-order valence-electron chi connectivity index (χ2n) is 5.79. The van der Waals surface area contributed by atoms with Gasteiger partial charge in [0.1, 0.15) is 17.1 Å². The standard InChI is InChI=1S/C20H23NO5/c1-14(19(22)21(2)13-15-8-6-5-7-9-15)26-20(23)17-11-10-16(24-3)12-18(17)25-4/h5-12,14H,13H2,1-4H3/t14-/m0/s1. The molecule has 2 aromatic rings. The number of hydrogen-bond donors (Lipinski definition) is 0. The van der Waals surface area contributed by atoms with Crippen LogP contribution in [-0.2, 0) is 16.1 Å². The van der Waals surface area contributed by atoms with Gasteiger partial charge in [0.15, 0.2) is 6.10 Å². The molecule has 2 aromatic carbocycles. The number of amides is 1. The Balaban J connectivity index is 2.03. The van der Waals surface area contributed by atoms with Crippen molar-refractivity contribution in [1.29, 1.82) is 0 Å². The number of rotatable bonds is 7. The number of methoxy groups -OCH3 is 2. The second kappa shape index (κ2) is 8.89. The summed E-state index contributed by atoms with van der Waals surface area (Å²) in [6, 6.07) is 14.4. The Morgan fingerprint density at radius 1 is 1.04 bits per heavy atom. The fourth-order valence-corrected chi connectivity index (χ4v) is 2.49. The Morgan fingerprint density at radius 2 is 1.73 bits per heavy atom. The molecule has 1 amide bonds. The van der Waals surface area contributed by atoms with Crippen LogP contribution < -0.4 is 9.47 Å². The van der Waals surface area contributed by atoms with E-state index in [-0.39, 0.29) is 11.5 Å². The van der Waals surface area contributed by atoms with E-state index < -0.39 is 12.1 Å². The quantitative estimate of drug-likeness (QED) is 0.713. The lowest BCUT2D eigenvalue weighted by atomic mass is 10.2. The summed E-state index contributed by atoms with van der Waals surface area (Å²) < 4.78 is 15.6. The first-order chi connectivity index (χ1) is 12.5. The number of ether oxygens (including phenoxy) is 3. The van der Waals surface area contributed by atoms with E-state index in [2.05, 4.69) is 0 Å². The lowest BCUT2D eigenvalue weighted by molar-refractivity contribution is -0.139. The minimum atomic E-state index is -0.914. The molecule has 0 unspecified atom stereocenters. The first-order valence-electron chi connectivity index (χ1n) is 8.18. The monoisotopic (exact) mass is 357 g/mol. The largest absolute Gasteiger partial charge is 0.497 e. The van der Waals surface area contributed by atoms with Crippen LogP contribution in [0.2, 0.25) is 0 Å². The van der Waals surface area contributed by atoms with Gasteiger partial charge in [-0.05, 0) is 24.6 Å². The van der Waals surface area contributed by atoms with Crippen molar-refractivity contribution in [2.24, 2.45) is 0 Å². The predicted molar refractivity (Wildman–Crippen MR) is 97.3 cm³/mol. The normalized spacial score (nSPS) is 11.4. The summed E-state index contributed by atoms with van der Waals surface area (Å²) in [5.41, 5.74) is 1.23. The van der Waals surface area contributed by atoms with Crippen LogP contribution >= 0.6 is 0 Å². The van der Waals surface area contributed by atoms with E-state index in [0.717, 1.165) is 5.56 Å². The molecule has 138 valence electrons. The smallest absolute Gasteiger partial charge is 0.342 e. The lowest BCUT2D eigenvalue weighted by Crippen LogP contribution is -2.37. The molecule has 6 nitrogen and oxygen atoms in total. The third kappa shape index (κ3) is 4.75. The van der Waals surface area contributed by atoms with Gasteiger partial charge in [-0.1, -0.05) is 30.3 Å². The van der Waals surface area contributed by atoms with Crippen LogP contribution in [0.3, 0.4) is 0 Å². The SMILES string of the molecule is COc1ccc(C(=O)O[C@@H](C)C(=O)N(C)Cc2ccccc2)c(OC)c1. The van der Waals surface area contributed by atoms with Crippen molar-refractivity contribution in [3.8, 4) is 11.5 Å². The molecule has 0 N–H and O–H groups in total. The van der Waals surface area contributed by atoms with E-state index in [4.69, 9.17) is 14.2 Å². The molecule has 0 aliphatic rings. The van der Waals surface area contributed by atoms with Gasteiger partial charge in [0.2, 0.25) is 0 Å². The van der Waals surface area contributed by atoms with E-state index in [0.29, 0.717) is 18.0 Å². The van der Waals surface area contributed by atoms with Crippen molar-refractivity contribution >= 4 is 11.9 Å². The molecule has 0 spiro atoms. The highest BCUT2D eigenvalue weighted by molar-refractivity contribution is 5.94. The van der Waals surface area contributed by atoms with E-state index in [1.165, 1.54) is 19.1 Å². The minimum Gasteiger partial charge on any atom is -0.497 e. The van der Waals surface area contributed by atoms with Crippen molar-refractivity contribution < 1.29 is 23.8 Å². The molecule has 0 aromatic heterocycles. The van der Waals surface area contributed by atoms with Gasteiger partial charge < -0.3 is 19.1 Å². The highest BCUT2D eigenvalue weighted by Crippen LogP contribution is 2.25. The third-order valence-electron chi connectivity index (χ3n) is 3.90. The number of likely N-dealkylation sites (N-methyl/N-ethyl adjacent to an activating group) is 1. The van der Waals surface area contributed by atoms with E-state index >= 15 is 0 Å². The molecule has 0 heterocycles. The first kappa shape index (κ1) is 19.3. The summed E-state index contributed by atoms with van der Waals surface area (Å²) in [5, 5.41) is 0. The fourth-order valence-electron chi connectivity index (χ4n) is 2.49. The first-order valence-corrected chi connectivity index (χ1v) is 8.18. The number of carbonyl (C=O) groups excluding carboxylic acids is 2. The van der Waals surface area contributed by atoms with E-state index in [9.17, 15) is 9.59 Å². The zero-order valence-corrected chi connectivity index (χ0v) is 15.4. The Bertz CT molecular complexity index is 760. The van der Waals surface area contributed by atoms with Gasteiger partial charge >= 0.3 is 5.97 Å². The molecular formula is C20H23NO5. The maximum Gasteiger partial charge on any atom is 0.342 e. The number of carbonyl (C=O) groups is 2. The Hall–Kier alpha value is -3.02. The fraction of sp³-hybridized carbons (Fsp3) is 0.300. The van der Waals surface area contributed by atoms with Crippen molar-refractivity contribution in [1.82, 2.24) is 4.90 Å². The highest BCUT2D eigenvalue weighted by atomic mass is 16.5. The molecular weight excluding hydrogens is 334 g/mol. The number of nitrogens with zero attached hydrogens (tertiary/aromatic N) is 1. The van der Waals surface area contributed by atoms with Crippen LogP contribution in [0.1, 0.15) is 22.8 Å². The van der Waals surface area contributed by atoms with Gasteiger partial charge in [0.25, 0.3) is 5.91 Å². The molecule has 0 saturated heterocycles. The van der Waals surface area contributed by atoms with E-state index in [1.807, 2.05) is 30.3 Å². The summed E-state index contributed by atoms with van der Waals surface area (Å²) in [6.45, 7) is 1.99.